The molecule has 164 valence electrons. The molecular formula is C23H33N3O4. The Morgan fingerprint density at radius 3 is 2.67 bits per heavy atom. The van der Waals surface area contributed by atoms with Crippen LogP contribution in [0.15, 0.2) is 18.2 Å². The van der Waals surface area contributed by atoms with Gasteiger partial charge in [0.05, 0.1) is 18.6 Å². The second-order valence-corrected chi connectivity index (χ2v) is 9.13. The van der Waals surface area contributed by atoms with Gasteiger partial charge in [-0.2, -0.15) is 0 Å². The summed E-state index contributed by atoms with van der Waals surface area (Å²) in [5, 5.41) is 12.5. The van der Waals surface area contributed by atoms with E-state index in [9.17, 15) is 14.7 Å². The van der Waals surface area contributed by atoms with Gasteiger partial charge in [0.25, 0.3) is 0 Å². The third-order valence-electron chi connectivity index (χ3n) is 7.23. The number of piperidine rings is 1. The van der Waals surface area contributed by atoms with Crippen molar-refractivity contribution in [1.82, 2.24) is 4.90 Å². The zero-order valence-corrected chi connectivity index (χ0v) is 18.0. The van der Waals surface area contributed by atoms with Crippen LogP contribution >= 0.6 is 0 Å². The number of anilines is 2. The minimum Gasteiger partial charge on any atom is -0.453 e. The van der Waals surface area contributed by atoms with E-state index in [1.54, 1.807) is 0 Å². The molecular weight excluding hydrogens is 382 g/mol. The molecule has 2 saturated heterocycles. The molecule has 4 rings (SSSR count). The molecule has 2 N–H and O–H groups in total. The lowest BCUT2D eigenvalue weighted by Crippen LogP contribution is -2.50. The molecule has 2 aliphatic heterocycles. The predicted molar refractivity (Wildman–Crippen MR) is 116 cm³/mol. The SMILES string of the molecule is COC(=O)Nc1ccc(N2CCCC3(CCN(C4CCC(O)CC4)C3=O)C2)cc1C. The Balaban J connectivity index is 1.46. The minimum absolute atomic E-state index is 0.196. The smallest absolute Gasteiger partial charge is 0.411 e. The Morgan fingerprint density at radius 2 is 1.97 bits per heavy atom. The van der Waals surface area contributed by atoms with E-state index < -0.39 is 6.09 Å². The van der Waals surface area contributed by atoms with Crippen molar-refractivity contribution in [1.29, 1.82) is 0 Å². The van der Waals surface area contributed by atoms with Crippen molar-refractivity contribution in [2.75, 3.05) is 37.0 Å². The van der Waals surface area contributed by atoms with E-state index >= 15 is 0 Å². The van der Waals surface area contributed by atoms with Crippen molar-refractivity contribution < 1.29 is 19.4 Å². The molecule has 30 heavy (non-hydrogen) atoms. The van der Waals surface area contributed by atoms with Gasteiger partial charge in [-0.3, -0.25) is 10.1 Å². The fraction of sp³-hybridized carbons (Fsp3) is 0.652. The molecule has 1 spiro atoms. The third-order valence-corrected chi connectivity index (χ3v) is 7.23. The quantitative estimate of drug-likeness (QED) is 0.792. The molecule has 2 heterocycles. The number of methoxy groups -OCH3 is 1. The van der Waals surface area contributed by atoms with Crippen LogP contribution < -0.4 is 10.2 Å². The fourth-order valence-electron chi connectivity index (χ4n) is 5.44. The standard InChI is InChI=1S/C23H33N3O4/c1-16-14-18(6-9-20(16)24-22(29)30-2)25-12-3-10-23(15-25)11-13-26(21(23)28)17-4-7-19(27)8-5-17/h6,9,14,17,19,27H,3-5,7-8,10-13,15H2,1-2H3,(H,24,29). The van der Waals surface area contributed by atoms with Crippen LogP contribution in [0.5, 0.6) is 0 Å². The van der Waals surface area contributed by atoms with E-state index in [-0.39, 0.29) is 11.5 Å². The van der Waals surface area contributed by atoms with E-state index in [2.05, 4.69) is 25.9 Å². The zero-order valence-electron chi connectivity index (χ0n) is 18.0. The van der Waals surface area contributed by atoms with E-state index in [1.165, 1.54) is 7.11 Å². The number of ether oxygens (including phenoxy) is 1. The van der Waals surface area contributed by atoms with Gasteiger partial charge in [-0.05, 0) is 75.6 Å². The van der Waals surface area contributed by atoms with Crippen molar-refractivity contribution in [2.24, 2.45) is 5.41 Å². The van der Waals surface area contributed by atoms with Gasteiger partial charge < -0.3 is 19.6 Å². The highest BCUT2D eigenvalue weighted by Crippen LogP contribution is 2.43. The first-order valence-corrected chi connectivity index (χ1v) is 11.1. The Hall–Kier alpha value is -2.28. The van der Waals surface area contributed by atoms with Gasteiger partial charge in [-0.15, -0.1) is 0 Å². The van der Waals surface area contributed by atoms with Gasteiger partial charge >= 0.3 is 6.09 Å². The Kier molecular flexibility index (Phi) is 5.91. The molecule has 1 aliphatic carbocycles. The van der Waals surface area contributed by atoms with Gasteiger partial charge in [-0.1, -0.05) is 0 Å². The van der Waals surface area contributed by atoms with Crippen LogP contribution in [0.25, 0.3) is 0 Å². The van der Waals surface area contributed by atoms with Gasteiger partial charge in [-0.25, -0.2) is 4.79 Å². The van der Waals surface area contributed by atoms with Gasteiger partial charge in [0.2, 0.25) is 5.91 Å². The third kappa shape index (κ3) is 4.00. The first kappa shape index (κ1) is 21.0. The lowest BCUT2D eigenvalue weighted by Gasteiger charge is -2.41. The Bertz CT molecular complexity index is 806. The maximum Gasteiger partial charge on any atom is 0.411 e. The summed E-state index contributed by atoms with van der Waals surface area (Å²) in [4.78, 5) is 29.4. The van der Waals surface area contributed by atoms with Crippen molar-refractivity contribution >= 4 is 23.4 Å². The van der Waals surface area contributed by atoms with Gasteiger partial charge in [0, 0.05) is 37.1 Å². The number of hydrogen-bond acceptors (Lipinski definition) is 5. The number of rotatable bonds is 3. The number of nitrogens with zero attached hydrogens (tertiary/aromatic N) is 2. The number of aryl methyl sites for hydroxylation is 1. The number of benzene rings is 1. The van der Waals surface area contributed by atoms with Crippen molar-refractivity contribution in [3.8, 4) is 0 Å². The average Bonchev–Trinajstić information content (AvgIpc) is 3.05. The molecule has 2 amide bonds. The summed E-state index contributed by atoms with van der Waals surface area (Å²) >= 11 is 0. The van der Waals surface area contributed by atoms with E-state index in [1.807, 2.05) is 19.1 Å². The number of carbonyl (C=O) groups excluding carboxylic acids is 2. The molecule has 1 atom stereocenters. The number of nitrogens with one attached hydrogen (secondary N) is 1. The minimum atomic E-state index is -0.477. The molecule has 7 heteroatoms. The number of aliphatic hydroxyl groups excluding tert-OH is 1. The van der Waals surface area contributed by atoms with E-state index in [4.69, 9.17) is 0 Å². The molecule has 0 aromatic heterocycles. The molecule has 1 saturated carbocycles. The fourth-order valence-corrected chi connectivity index (χ4v) is 5.44. The van der Waals surface area contributed by atoms with Crippen molar-refractivity contribution in [2.45, 2.75) is 64.0 Å². The highest BCUT2D eigenvalue weighted by molar-refractivity contribution is 5.87. The van der Waals surface area contributed by atoms with Crippen LogP contribution in [0.2, 0.25) is 0 Å². The summed E-state index contributed by atoms with van der Waals surface area (Å²) in [7, 11) is 1.35. The largest absolute Gasteiger partial charge is 0.453 e. The molecule has 1 aromatic rings. The van der Waals surface area contributed by atoms with Crippen LogP contribution in [0, 0.1) is 12.3 Å². The van der Waals surface area contributed by atoms with E-state index in [0.29, 0.717) is 11.9 Å². The first-order valence-electron chi connectivity index (χ1n) is 11.1. The molecule has 1 aromatic carbocycles. The van der Waals surface area contributed by atoms with Gasteiger partial charge in [0.15, 0.2) is 0 Å². The number of aliphatic hydroxyl groups is 1. The summed E-state index contributed by atoms with van der Waals surface area (Å²) in [6, 6.07) is 6.28. The predicted octanol–water partition coefficient (Wildman–Crippen LogP) is 3.30. The second-order valence-electron chi connectivity index (χ2n) is 9.13. The number of carbonyl (C=O) groups is 2. The maximum absolute atomic E-state index is 13.5. The lowest BCUT2D eigenvalue weighted by molar-refractivity contribution is -0.139. The normalized spacial score (nSPS) is 29.4. The van der Waals surface area contributed by atoms with Crippen LogP contribution in [-0.4, -0.2) is 60.9 Å². The zero-order chi connectivity index (χ0) is 21.3. The summed E-state index contributed by atoms with van der Waals surface area (Å²) in [5.41, 5.74) is 2.51. The van der Waals surface area contributed by atoms with Crippen LogP contribution in [0.4, 0.5) is 16.2 Å². The van der Waals surface area contributed by atoms with Gasteiger partial charge in [0.1, 0.15) is 0 Å². The Morgan fingerprint density at radius 1 is 1.20 bits per heavy atom. The van der Waals surface area contributed by atoms with Crippen LogP contribution in [0.1, 0.15) is 50.5 Å². The number of amides is 2. The molecule has 1 unspecified atom stereocenters. The summed E-state index contributed by atoms with van der Waals surface area (Å²) < 4.78 is 4.68. The molecule has 0 radical (unpaired) electrons. The maximum atomic E-state index is 13.5. The van der Waals surface area contributed by atoms with Crippen molar-refractivity contribution in [3.63, 3.8) is 0 Å². The molecule has 3 aliphatic rings. The highest BCUT2D eigenvalue weighted by atomic mass is 16.5. The second kappa shape index (κ2) is 8.46. The lowest BCUT2D eigenvalue weighted by atomic mass is 9.78. The van der Waals surface area contributed by atoms with Crippen LogP contribution in [-0.2, 0) is 9.53 Å². The van der Waals surface area contributed by atoms with Crippen LogP contribution in [0.3, 0.4) is 0 Å². The summed E-state index contributed by atoms with van der Waals surface area (Å²) in [5.74, 6) is 0.314. The van der Waals surface area contributed by atoms with E-state index in [0.717, 1.165) is 81.5 Å². The number of hydrogen-bond donors (Lipinski definition) is 2. The number of likely N-dealkylation sites (tertiary alicyclic amines) is 1. The molecule has 3 fully saturated rings. The highest BCUT2D eigenvalue weighted by Gasteiger charge is 2.50. The molecule has 0 bridgehead atoms. The monoisotopic (exact) mass is 415 g/mol. The molecule has 7 nitrogen and oxygen atoms in total. The van der Waals surface area contributed by atoms with Crippen molar-refractivity contribution in [3.05, 3.63) is 23.8 Å². The average molecular weight is 416 g/mol. The summed E-state index contributed by atoms with van der Waals surface area (Å²) in [6.45, 7) is 4.50. The topological polar surface area (TPSA) is 82.1 Å². The first-order chi connectivity index (χ1) is 14.4. The Labute approximate surface area is 178 Å². The summed E-state index contributed by atoms with van der Waals surface area (Å²) in [6.07, 6.45) is 5.65.